The molecule has 1 atom stereocenters. The molecule has 1 aliphatic rings. The second kappa shape index (κ2) is 6.14. The van der Waals surface area contributed by atoms with Crippen LogP contribution in [0.25, 0.3) is 0 Å². The molecule has 2 N–H and O–H groups in total. The first-order chi connectivity index (χ1) is 10.1. The second-order valence-electron chi connectivity index (χ2n) is 5.01. The molecule has 0 bridgehead atoms. The van der Waals surface area contributed by atoms with Crippen molar-refractivity contribution in [3.8, 4) is 11.5 Å². The van der Waals surface area contributed by atoms with Gasteiger partial charge in [0, 0.05) is 35.2 Å². The van der Waals surface area contributed by atoms with E-state index in [0.29, 0.717) is 34.7 Å². The van der Waals surface area contributed by atoms with Gasteiger partial charge in [-0.3, -0.25) is 0 Å². The van der Waals surface area contributed by atoms with Crippen LogP contribution in [0.1, 0.15) is 23.6 Å². The van der Waals surface area contributed by atoms with E-state index >= 15 is 0 Å². The molecule has 21 heavy (non-hydrogen) atoms. The predicted octanol–water partition coefficient (Wildman–Crippen LogP) is 4.31. The van der Waals surface area contributed by atoms with E-state index in [4.69, 9.17) is 27.9 Å². The lowest BCUT2D eigenvalue weighted by atomic mass is 10.00. The Morgan fingerprint density at radius 2 is 2.05 bits per heavy atom. The van der Waals surface area contributed by atoms with Crippen molar-refractivity contribution in [3.05, 3.63) is 57.6 Å². The van der Waals surface area contributed by atoms with E-state index in [1.807, 2.05) is 24.3 Å². The Balaban J connectivity index is 1.81. The molecule has 3 nitrogen and oxygen atoms in total. The van der Waals surface area contributed by atoms with Crippen molar-refractivity contribution in [2.45, 2.75) is 19.0 Å². The average molecular weight is 324 g/mol. The molecule has 0 saturated carbocycles. The van der Waals surface area contributed by atoms with Crippen molar-refractivity contribution in [2.75, 3.05) is 6.61 Å². The molecule has 1 unspecified atom stereocenters. The van der Waals surface area contributed by atoms with Crippen LogP contribution in [0.4, 0.5) is 0 Å². The summed E-state index contributed by atoms with van der Waals surface area (Å²) in [5.74, 6) is 0.989. The van der Waals surface area contributed by atoms with Gasteiger partial charge in [0.2, 0.25) is 0 Å². The highest BCUT2D eigenvalue weighted by molar-refractivity contribution is 6.35. The lowest BCUT2D eigenvalue weighted by molar-refractivity contribution is 0.252. The highest BCUT2D eigenvalue weighted by atomic mass is 35.5. The van der Waals surface area contributed by atoms with E-state index in [1.165, 1.54) is 0 Å². The molecule has 2 aromatic rings. The summed E-state index contributed by atoms with van der Waals surface area (Å²) in [6.45, 7) is 1.17. The Hall–Kier alpha value is -1.42. The summed E-state index contributed by atoms with van der Waals surface area (Å²) >= 11 is 12.3. The van der Waals surface area contributed by atoms with E-state index in [0.717, 1.165) is 17.5 Å². The molecule has 1 aliphatic heterocycles. The van der Waals surface area contributed by atoms with Crippen molar-refractivity contribution >= 4 is 23.2 Å². The minimum absolute atomic E-state index is 0.101. The maximum Gasteiger partial charge on any atom is 0.142 e. The summed E-state index contributed by atoms with van der Waals surface area (Å²) < 4.78 is 5.64. The number of phenolic OH excluding ortho intramolecular Hbond substituents is 1. The van der Waals surface area contributed by atoms with Gasteiger partial charge in [0.1, 0.15) is 11.5 Å². The Morgan fingerprint density at radius 1 is 1.24 bits per heavy atom. The maximum absolute atomic E-state index is 9.82. The topological polar surface area (TPSA) is 41.5 Å². The lowest BCUT2D eigenvalue weighted by Crippen LogP contribution is -2.27. The third-order valence-electron chi connectivity index (χ3n) is 3.60. The van der Waals surface area contributed by atoms with Crippen LogP contribution in [0, 0.1) is 0 Å². The van der Waals surface area contributed by atoms with Gasteiger partial charge in [-0.1, -0.05) is 41.4 Å². The number of aromatic hydroxyl groups is 1. The molecule has 0 radical (unpaired) electrons. The maximum atomic E-state index is 9.82. The number of ether oxygens (including phenoxy) is 1. The number of hydrogen-bond donors (Lipinski definition) is 2. The summed E-state index contributed by atoms with van der Waals surface area (Å²) in [6, 6.07) is 11.0. The van der Waals surface area contributed by atoms with Gasteiger partial charge in [-0.25, -0.2) is 0 Å². The monoisotopic (exact) mass is 323 g/mol. The van der Waals surface area contributed by atoms with Gasteiger partial charge in [-0.05, 0) is 18.2 Å². The number of nitrogens with one attached hydrogen (secondary N) is 1. The fourth-order valence-electron chi connectivity index (χ4n) is 2.53. The van der Waals surface area contributed by atoms with Crippen molar-refractivity contribution in [3.63, 3.8) is 0 Å². The number of para-hydroxylation sites is 1. The fourth-order valence-corrected chi connectivity index (χ4v) is 3.09. The fraction of sp³-hybridized carbons (Fsp3) is 0.250. The minimum atomic E-state index is 0.101. The van der Waals surface area contributed by atoms with Crippen molar-refractivity contribution in [1.82, 2.24) is 5.32 Å². The smallest absolute Gasteiger partial charge is 0.142 e. The molecule has 0 aromatic heterocycles. The van der Waals surface area contributed by atoms with Gasteiger partial charge >= 0.3 is 0 Å². The van der Waals surface area contributed by atoms with Gasteiger partial charge in [0.05, 0.1) is 11.6 Å². The summed E-state index contributed by atoms with van der Waals surface area (Å²) in [5.41, 5.74) is 1.83. The number of hydrogen-bond acceptors (Lipinski definition) is 3. The van der Waals surface area contributed by atoms with E-state index in [-0.39, 0.29) is 6.04 Å². The number of rotatable bonds is 3. The molecular weight excluding hydrogens is 309 g/mol. The SMILES string of the molecule is Oc1ccccc1CNC1CCOc2c(Cl)cc(Cl)cc21. The van der Waals surface area contributed by atoms with E-state index in [9.17, 15) is 5.11 Å². The highest BCUT2D eigenvalue weighted by Gasteiger charge is 2.24. The zero-order valence-corrected chi connectivity index (χ0v) is 12.8. The van der Waals surface area contributed by atoms with Crippen LogP contribution >= 0.6 is 23.2 Å². The van der Waals surface area contributed by atoms with Crippen molar-refractivity contribution in [2.24, 2.45) is 0 Å². The van der Waals surface area contributed by atoms with Crippen LogP contribution in [-0.2, 0) is 6.54 Å². The second-order valence-corrected chi connectivity index (χ2v) is 5.85. The standard InChI is InChI=1S/C16H15Cl2NO2/c17-11-7-12-14(5-6-21-16(12)13(18)8-11)19-9-10-3-1-2-4-15(10)20/h1-4,7-8,14,19-20H,5-6,9H2. The molecule has 1 heterocycles. The van der Waals surface area contributed by atoms with E-state index < -0.39 is 0 Å². The van der Waals surface area contributed by atoms with Crippen LogP contribution in [-0.4, -0.2) is 11.7 Å². The zero-order valence-electron chi connectivity index (χ0n) is 11.3. The quantitative estimate of drug-likeness (QED) is 0.884. The van der Waals surface area contributed by atoms with Gasteiger partial charge in [-0.2, -0.15) is 0 Å². The predicted molar refractivity (Wildman–Crippen MR) is 84.3 cm³/mol. The molecule has 0 spiro atoms. The van der Waals surface area contributed by atoms with Crippen LogP contribution in [0.15, 0.2) is 36.4 Å². The summed E-state index contributed by atoms with van der Waals surface area (Å²) in [7, 11) is 0. The Labute approximate surface area is 133 Å². The molecule has 0 fully saturated rings. The molecule has 3 rings (SSSR count). The molecule has 2 aromatic carbocycles. The zero-order chi connectivity index (χ0) is 14.8. The van der Waals surface area contributed by atoms with Crippen LogP contribution in [0.2, 0.25) is 10.0 Å². The third-order valence-corrected chi connectivity index (χ3v) is 4.09. The molecule has 0 amide bonds. The number of benzene rings is 2. The largest absolute Gasteiger partial charge is 0.508 e. The number of fused-ring (bicyclic) bond motifs is 1. The molecule has 110 valence electrons. The Kier molecular flexibility index (Phi) is 4.24. The third kappa shape index (κ3) is 3.10. The lowest BCUT2D eigenvalue weighted by Gasteiger charge is -2.28. The first kappa shape index (κ1) is 14.5. The van der Waals surface area contributed by atoms with Crippen molar-refractivity contribution < 1.29 is 9.84 Å². The van der Waals surface area contributed by atoms with Crippen LogP contribution in [0.3, 0.4) is 0 Å². The van der Waals surface area contributed by atoms with Crippen LogP contribution in [0.5, 0.6) is 11.5 Å². The summed E-state index contributed by atoms with van der Waals surface area (Å²) in [4.78, 5) is 0. The van der Waals surface area contributed by atoms with Crippen LogP contribution < -0.4 is 10.1 Å². The Morgan fingerprint density at radius 3 is 2.86 bits per heavy atom. The van der Waals surface area contributed by atoms with E-state index in [2.05, 4.69) is 5.32 Å². The summed E-state index contributed by atoms with van der Waals surface area (Å²) in [6.07, 6.45) is 0.831. The summed E-state index contributed by atoms with van der Waals surface area (Å²) in [5, 5.41) is 14.4. The first-order valence-electron chi connectivity index (χ1n) is 6.77. The molecule has 0 saturated heterocycles. The average Bonchev–Trinajstić information content (AvgIpc) is 2.46. The molecule has 5 heteroatoms. The van der Waals surface area contributed by atoms with E-state index in [1.54, 1.807) is 12.1 Å². The van der Waals surface area contributed by atoms with Gasteiger partial charge in [0.15, 0.2) is 0 Å². The molecule has 0 aliphatic carbocycles. The number of phenols is 1. The first-order valence-corrected chi connectivity index (χ1v) is 7.53. The van der Waals surface area contributed by atoms with Gasteiger partial charge < -0.3 is 15.2 Å². The van der Waals surface area contributed by atoms with Gasteiger partial charge in [-0.15, -0.1) is 0 Å². The number of halogens is 2. The molecular formula is C16H15Cl2NO2. The van der Waals surface area contributed by atoms with Gasteiger partial charge in [0.25, 0.3) is 0 Å². The normalized spacial score (nSPS) is 17.1. The minimum Gasteiger partial charge on any atom is -0.508 e. The highest BCUT2D eigenvalue weighted by Crippen LogP contribution is 2.40. The van der Waals surface area contributed by atoms with Crippen molar-refractivity contribution in [1.29, 1.82) is 0 Å². The Bertz CT molecular complexity index is 661.